The second kappa shape index (κ2) is 8.31. The van der Waals surface area contributed by atoms with E-state index in [1.54, 1.807) is 0 Å². The highest BCUT2D eigenvalue weighted by Crippen LogP contribution is 2.00. The van der Waals surface area contributed by atoms with Crippen LogP contribution in [0.5, 0.6) is 0 Å². The summed E-state index contributed by atoms with van der Waals surface area (Å²) < 4.78 is 2.21. The number of nitrogens with zero attached hydrogens (tertiary/aromatic N) is 2. The van der Waals surface area contributed by atoms with Crippen LogP contribution in [0.15, 0.2) is 18.5 Å². The van der Waals surface area contributed by atoms with E-state index >= 15 is 0 Å². The zero-order chi connectivity index (χ0) is 12.5. The van der Waals surface area contributed by atoms with E-state index in [0.29, 0.717) is 0 Å². The molecule has 1 aromatic heterocycles. The van der Waals surface area contributed by atoms with Gasteiger partial charge in [0.1, 0.15) is 0 Å². The van der Waals surface area contributed by atoms with Crippen molar-refractivity contribution in [1.82, 2.24) is 14.8 Å². The Labute approximate surface area is 106 Å². The quantitative estimate of drug-likeness (QED) is 0.665. The van der Waals surface area contributed by atoms with Crippen molar-refractivity contribution in [2.45, 2.75) is 40.3 Å². The number of aromatic nitrogens is 1. The van der Waals surface area contributed by atoms with Crippen molar-refractivity contribution in [3.05, 3.63) is 24.0 Å². The van der Waals surface area contributed by atoms with Crippen LogP contribution in [0.2, 0.25) is 0 Å². The minimum absolute atomic E-state index is 0.983. The standard InChI is InChI=1S/C14H27N3/c1-4-9-16(5-2)11-8-15-12-14-7-10-17(6-3)13-14/h7,10,13,15H,4-6,8-9,11-12H2,1-3H3. The van der Waals surface area contributed by atoms with Gasteiger partial charge in [-0.2, -0.15) is 0 Å². The molecule has 0 aliphatic carbocycles. The summed E-state index contributed by atoms with van der Waals surface area (Å²) in [4.78, 5) is 2.49. The van der Waals surface area contributed by atoms with Gasteiger partial charge in [-0.25, -0.2) is 0 Å². The minimum atomic E-state index is 0.983. The molecule has 3 nitrogen and oxygen atoms in total. The fourth-order valence-electron chi connectivity index (χ4n) is 2.01. The molecule has 0 radical (unpaired) electrons. The normalized spacial score (nSPS) is 11.3. The molecule has 0 amide bonds. The second-order valence-electron chi connectivity index (χ2n) is 4.46. The van der Waals surface area contributed by atoms with Gasteiger partial charge in [0, 0.05) is 38.6 Å². The number of hydrogen-bond acceptors (Lipinski definition) is 2. The molecule has 0 atom stereocenters. The fraction of sp³-hybridized carbons (Fsp3) is 0.714. The molecule has 0 saturated carbocycles. The Morgan fingerprint density at radius 3 is 2.65 bits per heavy atom. The molecule has 0 unspecified atom stereocenters. The first-order chi connectivity index (χ1) is 8.30. The summed E-state index contributed by atoms with van der Waals surface area (Å²) in [7, 11) is 0. The zero-order valence-corrected chi connectivity index (χ0v) is 11.6. The predicted octanol–water partition coefficient (Wildman–Crippen LogP) is 2.33. The molecule has 0 aliphatic rings. The van der Waals surface area contributed by atoms with E-state index in [0.717, 1.165) is 32.7 Å². The van der Waals surface area contributed by atoms with Gasteiger partial charge in [-0.05, 0) is 38.1 Å². The van der Waals surface area contributed by atoms with Gasteiger partial charge in [0.05, 0.1) is 0 Å². The summed E-state index contributed by atoms with van der Waals surface area (Å²) >= 11 is 0. The molecule has 3 heteroatoms. The molecule has 0 aromatic carbocycles. The largest absolute Gasteiger partial charge is 0.354 e. The fourth-order valence-corrected chi connectivity index (χ4v) is 2.01. The number of aryl methyl sites for hydroxylation is 1. The molecule has 1 rings (SSSR count). The van der Waals surface area contributed by atoms with Crippen LogP contribution in [-0.4, -0.2) is 35.6 Å². The first-order valence-corrected chi connectivity index (χ1v) is 6.87. The van der Waals surface area contributed by atoms with E-state index in [-0.39, 0.29) is 0 Å². The lowest BCUT2D eigenvalue weighted by atomic mass is 10.3. The van der Waals surface area contributed by atoms with E-state index in [2.05, 4.69) is 54.0 Å². The molecule has 17 heavy (non-hydrogen) atoms. The van der Waals surface area contributed by atoms with Gasteiger partial charge in [-0.15, -0.1) is 0 Å². The molecule has 0 spiro atoms. The van der Waals surface area contributed by atoms with Gasteiger partial charge in [-0.3, -0.25) is 0 Å². The van der Waals surface area contributed by atoms with Gasteiger partial charge in [-0.1, -0.05) is 13.8 Å². The van der Waals surface area contributed by atoms with Crippen molar-refractivity contribution in [3.63, 3.8) is 0 Å². The van der Waals surface area contributed by atoms with Gasteiger partial charge in [0.25, 0.3) is 0 Å². The summed E-state index contributed by atoms with van der Waals surface area (Å²) in [6.45, 7) is 13.3. The molecule has 0 aliphatic heterocycles. The lowest BCUT2D eigenvalue weighted by Crippen LogP contribution is -2.32. The number of likely N-dealkylation sites (N-methyl/N-ethyl adjacent to an activating group) is 1. The highest BCUT2D eigenvalue weighted by molar-refractivity contribution is 5.09. The van der Waals surface area contributed by atoms with Crippen LogP contribution in [-0.2, 0) is 13.1 Å². The van der Waals surface area contributed by atoms with Crippen LogP contribution < -0.4 is 5.32 Å². The van der Waals surface area contributed by atoms with Crippen LogP contribution in [0.25, 0.3) is 0 Å². The third-order valence-corrected chi connectivity index (χ3v) is 3.10. The maximum Gasteiger partial charge on any atom is 0.0221 e. The van der Waals surface area contributed by atoms with E-state index in [4.69, 9.17) is 0 Å². The van der Waals surface area contributed by atoms with E-state index in [9.17, 15) is 0 Å². The summed E-state index contributed by atoms with van der Waals surface area (Å²) in [5, 5.41) is 3.51. The van der Waals surface area contributed by atoms with E-state index in [1.807, 2.05) is 0 Å². The molecule has 98 valence electrons. The van der Waals surface area contributed by atoms with E-state index < -0.39 is 0 Å². The number of rotatable bonds is 9. The third kappa shape index (κ3) is 5.37. The summed E-state index contributed by atoms with van der Waals surface area (Å²) in [5.41, 5.74) is 1.38. The molecule has 0 fully saturated rings. The van der Waals surface area contributed by atoms with Crippen LogP contribution in [0.4, 0.5) is 0 Å². The molecule has 1 aromatic rings. The van der Waals surface area contributed by atoms with Crippen molar-refractivity contribution in [1.29, 1.82) is 0 Å². The Morgan fingerprint density at radius 1 is 1.24 bits per heavy atom. The van der Waals surface area contributed by atoms with Gasteiger partial charge >= 0.3 is 0 Å². The second-order valence-corrected chi connectivity index (χ2v) is 4.46. The Bertz CT molecular complexity index is 293. The first kappa shape index (κ1) is 14.3. The average molecular weight is 237 g/mol. The van der Waals surface area contributed by atoms with Crippen LogP contribution in [0.3, 0.4) is 0 Å². The Kier molecular flexibility index (Phi) is 6.97. The number of hydrogen-bond donors (Lipinski definition) is 1. The lowest BCUT2D eigenvalue weighted by Gasteiger charge is -2.19. The minimum Gasteiger partial charge on any atom is -0.354 e. The van der Waals surface area contributed by atoms with Crippen molar-refractivity contribution in [2.75, 3.05) is 26.2 Å². The SMILES string of the molecule is CCCN(CC)CCNCc1ccn(CC)c1. The Hall–Kier alpha value is -0.800. The van der Waals surface area contributed by atoms with Gasteiger partial charge in [0.2, 0.25) is 0 Å². The summed E-state index contributed by atoms with van der Waals surface area (Å²) in [6.07, 6.45) is 5.61. The molecule has 0 bridgehead atoms. The summed E-state index contributed by atoms with van der Waals surface area (Å²) in [6, 6.07) is 2.19. The lowest BCUT2D eigenvalue weighted by molar-refractivity contribution is 0.287. The maximum atomic E-state index is 3.51. The Balaban J connectivity index is 2.14. The van der Waals surface area contributed by atoms with Gasteiger partial charge in [0.15, 0.2) is 0 Å². The zero-order valence-electron chi connectivity index (χ0n) is 11.6. The Morgan fingerprint density at radius 2 is 2.06 bits per heavy atom. The summed E-state index contributed by atoms with van der Waals surface area (Å²) in [5.74, 6) is 0. The topological polar surface area (TPSA) is 20.2 Å². The van der Waals surface area contributed by atoms with Crippen LogP contribution in [0.1, 0.15) is 32.8 Å². The highest BCUT2D eigenvalue weighted by atomic mass is 15.1. The number of nitrogens with one attached hydrogen (secondary N) is 1. The van der Waals surface area contributed by atoms with Crippen LogP contribution in [0, 0.1) is 0 Å². The molecular weight excluding hydrogens is 210 g/mol. The maximum absolute atomic E-state index is 3.51. The van der Waals surface area contributed by atoms with Crippen molar-refractivity contribution >= 4 is 0 Å². The molecular formula is C14H27N3. The molecule has 0 saturated heterocycles. The molecule has 1 heterocycles. The van der Waals surface area contributed by atoms with Gasteiger partial charge < -0.3 is 14.8 Å². The predicted molar refractivity (Wildman–Crippen MR) is 74.2 cm³/mol. The van der Waals surface area contributed by atoms with Crippen LogP contribution >= 0.6 is 0 Å². The first-order valence-electron chi connectivity index (χ1n) is 6.87. The van der Waals surface area contributed by atoms with E-state index in [1.165, 1.54) is 18.5 Å². The van der Waals surface area contributed by atoms with Crippen molar-refractivity contribution in [3.8, 4) is 0 Å². The smallest absolute Gasteiger partial charge is 0.0221 e. The van der Waals surface area contributed by atoms with Crippen molar-refractivity contribution in [2.24, 2.45) is 0 Å². The monoisotopic (exact) mass is 237 g/mol. The third-order valence-electron chi connectivity index (χ3n) is 3.10. The van der Waals surface area contributed by atoms with Crippen molar-refractivity contribution < 1.29 is 0 Å². The molecule has 1 N–H and O–H groups in total. The highest BCUT2D eigenvalue weighted by Gasteiger charge is 2.00. The average Bonchev–Trinajstić information content (AvgIpc) is 2.81.